The quantitative estimate of drug-likeness (QED) is 0.335. The number of methoxy groups -OCH3 is 1. The Morgan fingerprint density at radius 2 is 1.76 bits per heavy atom. The number of esters is 1. The molecule has 3 fully saturated rings. The summed E-state index contributed by atoms with van der Waals surface area (Å²) in [6.07, 6.45) is -3.34. The van der Waals surface area contributed by atoms with Gasteiger partial charge in [0.1, 0.15) is 17.8 Å². The van der Waals surface area contributed by atoms with Crippen LogP contribution in [0.1, 0.15) is 74.7 Å². The maximum absolute atomic E-state index is 13.7. The fraction of sp³-hybridized carbons (Fsp3) is 0.886. The molecule has 3 heterocycles. The van der Waals surface area contributed by atoms with Crippen LogP contribution in [-0.2, 0) is 33.2 Å². The summed E-state index contributed by atoms with van der Waals surface area (Å²) >= 11 is 0. The molecular formula is C35H62N2O9. The topological polar surface area (TPSA) is 129 Å². The molecule has 0 aromatic heterocycles. The van der Waals surface area contributed by atoms with Crippen LogP contribution in [-0.4, -0.2) is 128 Å². The van der Waals surface area contributed by atoms with Crippen molar-refractivity contribution in [1.29, 1.82) is 0 Å². The molecule has 3 aliphatic heterocycles. The molecule has 0 aromatic rings. The van der Waals surface area contributed by atoms with Crippen molar-refractivity contribution in [3.05, 3.63) is 12.2 Å². The Morgan fingerprint density at radius 1 is 1.11 bits per heavy atom. The van der Waals surface area contributed by atoms with E-state index >= 15 is 0 Å². The lowest BCUT2D eigenvalue weighted by atomic mass is 9.73. The average molecular weight is 655 g/mol. The molecule has 46 heavy (non-hydrogen) atoms. The van der Waals surface area contributed by atoms with Crippen LogP contribution in [0.25, 0.3) is 0 Å². The molecule has 0 aromatic carbocycles. The number of aliphatic imine (C=N–C) groups is 1. The highest BCUT2D eigenvalue weighted by Gasteiger charge is 2.53. The molecule has 11 nitrogen and oxygen atoms in total. The van der Waals surface area contributed by atoms with E-state index < -0.39 is 65.8 Å². The minimum absolute atomic E-state index is 0.0268. The summed E-state index contributed by atoms with van der Waals surface area (Å²) in [5, 5.41) is 23.9. The molecule has 11 heteroatoms. The van der Waals surface area contributed by atoms with Gasteiger partial charge < -0.3 is 43.5 Å². The Bertz CT molecular complexity index is 1070. The van der Waals surface area contributed by atoms with Crippen molar-refractivity contribution >= 4 is 11.7 Å². The number of aliphatic hydroxyl groups excluding tert-OH is 1. The first-order valence-electron chi connectivity index (χ1n) is 16.9. The number of likely N-dealkylation sites (N-methyl/N-ethyl adjacent to an activating group) is 1. The average Bonchev–Trinajstić information content (AvgIpc) is 3.00. The molecule has 3 saturated heterocycles. The van der Waals surface area contributed by atoms with Crippen molar-refractivity contribution in [3.63, 3.8) is 0 Å². The van der Waals surface area contributed by atoms with Gasteiger partial charge in [0.15, 0.2) is 6.29 Å². The second-order valence-electron chi connectivity index (χ2n) is 14.7. The lowest BCUT2D eigenvalue weighted by Crippen LogP contribution is -2.60. The number of rotatable bonds is 5. The smallest absolute Gasteiger partial charge is 0.311 e. The summed E-state index contributed by atoms with van der Waals surface area (Å²) in [7, 11) is 7.42. The molecule has 0 unspecified atom stereocenters. The number of carbonyl (C=O) groups is 1. The number of hydrogen-bond donors (Lipinski definition) is 2. The van der Waals surface area contributed by atoms with Gasteiger partial charge >= 0.3 is 5.97 Å². The first-order valence-corrected chi connectivity index (χ1v) is 16.9. The molecule has 0 amide bonds. The molecule has 0 spiro atoms. The second kappa shape index (κ2) is 15.8. The number of hydrogen-bond acceptors (Lipinski definition) is 11. The van der Waals surface area contributed by atoms with Crippen molar-refractivity contribution < 1.29 is 43.4 Å². The summed E-state index contributed by atoms with van der Waals surface area (Å²) < 4.78 is 38.6. The van der Waals surface area contributed by atoms with Crippen molar-refractivity contribution in [2.24, 2.45) is 28.7 Å². The fourth-order valence-corrected chi connectivity index (χ4v) is 8.02. The molecule has 14 atom stereocenters. The SMILES string of the molecule is C=C1CO[C@@H]2[C@@H](C)/C(=N/C)[C@H](C)C[C@@](C)(OC1)[C@H](O[C@@H]1O[C@H](C)C[C@H](N(C)C)[C@H]1OC)[C@@H](C)[C@H](O)[C@@H](C)C(=O)O[C@H](CC)[C@@]2(C)O. The molecule has 0 saturated carbocycles. The molecule has 0 aliphatic carbocycles. The van der Waals surface area contributed by atoms with E-state index in [-0.39, 0.29) is 37.2 Å². The predicted molar refractivity (Wildman–Crippen MR) is 177 cm³/mol. The van der Waals surface area contributed by atoms with Gasteiger partial charge in [-0.1, -0.05) is 34.3 Å². The zero-order valence-corrected chi connectivity index (χ0v) is 30.3. The molecule has 2 N–H and O–H groups in total. The Labute approximate surface area is 277 Å². The third kappa shape index (κ3) is 8.22. The van der Waals surface area contributed by atoms with Crippen LogP contribution in [0.2, 0.25) is 0 Å². The Hall–Kier alpha value is -1.44. The van der Waals surface area contributed by atoms with E-state index in [1.807, 2.05) is 48.7 Å². The van der Waals surface area contributed by atoms with Gasteiger partial charge in [-0.25, -0.2) is 0 Å². The summed E-state index contributed by atoms with van der Waals surface area (Å²) in [5.74, 6) is -2.66. The zero-order chi connectivity index (χ0) is 34.7. The van der Waals surface area contributed by atoms with E-state index in [1.165, 1.54) is 0 Å². The summed E-state index contributed by atoms with van der Waals surface area (Å²) in [6.45, 7) is 19.6. The van der Waals surface area contributed by atoms with Crippen molar-refractivity contribution in [1.82, 2.24) is 4.90 Å². The van der Waals surface area contributed by atoms with Crippen molar-refractivity contribution in [2.75, 3.05) is 41.5 Å². The van der Waals surface area contributed by atoms with Gasteiger partial charge in [-0.3, -0.25) is 9.79 Å². The third-order valence-electron chi connectivity index (χ3n) is 10.6. The van der Waals surface area contributed by atoms with Gasteiger partial charge in [-0.2, -0.15) is 0 Å². The largest absolute Gasteiger partial charge is 0.459 e. The number of carbonyl (C=O) groups excluding carboxylic acids is 1. The van der Waals surface area contributed by atoms with E-state index in [0.29, 0.717) is 18.4 Å². The van der Waals surface area contributed by atoms with Gasteiger partial charge in [0, 0.05) is 37.7 Å². The molecule has 3 rings (SSSR count). The standard InChI is InChI=1S/C35H62N2O9/c1-14-26-35(9,40)31-22(5)27(36-10)20(3)16-34(8,43-18-19(2)17-42-31)30(23(6)28(38)24(7)32(39)45-26)46-33-29(41-13)25(37(11)12)15-21(4)44-33/h20-26,28-31,33,38,40H,2,14-18H2,1,3-13H3/b36-27+/t20-,21-,22+,23+,24-,25+,26-,28+,29-,30-,31-,33+,34-,35-/m1/s1. The third-order valence-corrected chi connectivity index (χ3v) is 10.6. The Kier molecular flexibility index (Phi) is 13.4. The number of cyclic esters (lactones) is 1. The van der Waals surface area contributed by atoms with Crippen LogP contribution in [0, 0.1) is 23.7 Å². The lowest BCUT2D eigenvalue weighted by Gasteiger charge is -2.49. The van der Waals surface area contributed by atoms with Crippen LogP contribution in [0.4, 0.5) is 0 Å². The minimum atomic E-state index is -1.57. The van der Waals surface area contributed by atoms with Crippen molar-refractivity contribution in [2.45, 2.75) is 135 Å². The molecule has 266 valence electrons. The molecular weight excluding hydrogens is 592 g/mol. The monoisotopic (exact) mass is 654 g/mol. The Balaban J connectivity index is 2.24. The van der Waals surface area contributed by atoms with Crippen LogP contribution in [0.5, 0.6) is 0 Å². The number of ether oxygens (including phenoxy) is 6. The van der Waals surface area contributed by atoms with Gasteiger partial charge in [0.25, 0.3) is 0 Å². The summed E-state index contributed by atoms with van der Waals surface area (Å²) in [5.41, 5.74) is -1.08. The minimum Gasteiger partial charge on any atom is -0.459 e. The maximum Gasteiger partial charge on any atom is 0.311 e. The highest BCUT2D eigenvalue weighted by atomic mass is 16.7. The zero-order valence-electron chi connectivity index (χ0n) is 30.3. The van der Waals surface area contributed by atoms with E-state index in [1.54, 1.807) is 28.0 Å². The Morgan fingerprint density at radius 3 is 2.33 bits per heavy atom. The van der Waals surface area contributed by atoms with Crippen LogP contribution in [0.15, 0.2) is 17.1 Å². The first-order chi connectivity index (χ1) is 21.4. The van der Waals surface area contributed by atoms with Gasteiger partial charge in [-0.15, -0.1) is 0 Å². The maximum atomic E-state index is 13.7. The second-order valence-corrected chi connectivity index (χ2v) is 14.7. The van der Waals surface area contributed by atoms with Gasteiger partial charge in [-0.05, 0) is 72.5 Å². The molecule has 3 aliphatic rings. The highest BCUT2D eigenvalue weighted by molar-refractivity contribution is 5.89. The molecule has 2 bridgehead atoms. The summed E-state index contributed by atoms with van der Waals surface area (Å²) in [4.78, 5) is 20.5. The number of nitrogens with zero attached hydrogens (tertiary/aromatic N) is 2. The number of aliphatic hydroxyl groups is 2. The normalized spacial score (nSPS) is 46.4. The van der Waals surface area contributed by atoms with E-state index in [0.717, 1.165) is 12.1 Å². The fourth-order valence-electron chi connectivity index (χ4n) is 8.02. The van der Waals surface area contributed by atoms with Crippen LogP contribution in [0.3, 0.4) is 0 Å². The van der Waals surface area contributed by atoms with Gasteiger partial charge in [0.05, 0.1) is 49.1 Å². The van der Waals surface area contributed by atoms with E-state index in [4.69, 9.17) is 33.4 Å². The summed E-state index contributed by atoms with van der Waals surface area (Å²) in [6, 6.07) is 0.0268. The van der Waals surface area contributed by atoms with Crippen LogP contribution >= 0.6 is 0 Å². The highest BCUT2D eigenvalue weighted by Crippen LogP contribution is 2.41. The van der Waals surface area contributed by atoms with Crippen molar-refractivity contribution in [3.8, 4) is 0 Å². The first kappa shape index (κ1) is 39.0. The van der Waals surface area contributed by atoms with E-state index in [2.05, 4.69) is 18.4 Å². The lowest BCUT2D eigenvalue weighted by molar-refractivity contribution is -0.306. The molecule has 0 radical (unpaired) electrons. The number of fused-ring (bicyclic) bond motifs is 5. The van der Waals surface area contributed by atoms with Gasteiger partial charge in [0.2, 0.25) is 0 Å². The van der Waals surface area contributed by atoms with E-state index in [9.17, 15) is 15.0 Å². The predicted octanol–water partition coefficient (Wildman–Crippen LogP) is 3.63. The van der Waals surface area contributed by atoms with Crippen LogP contribution < -0.4 is 0 Å².